The second-order valence-electron chi connectivity index (χ2n) is 4.31. The van der Waals surface area contributed by atoms with Crippen molar-refractivity contribution in [2.45, 2.75) is 6.42 Å². The molecular formula is C14H17NO4. The van der Waals surface area contributed by atoms with Crippen LogP contribution in [0.3, 0.4) is 0 Å². The van der Waals surface area contributed by atoms with Crippen molar-refractivity contribution < 1.29 is 19.4 Å². The number of fused-ring (bicyclic) bond motifs is 1. The minimum atomic E-state index is -0.966. The van der Waals surface area contributed by atoms with Crippen LogP contribution in [0.15, 0.2) is 30.4 Å². The average Bonchev–Trinajstić information content (AvgIpc) is 2.43. The van der Waals surface area contributed by atoms with E-state index in [4.69, 9.17) is 14.6 Å². The molecule has 1 aromatic carbocycles. The molecule has 5 nitrogen and oxygen atoms in total. The van der Waals surface area contributed by atoms with Crippen LogP contribution >= 0.6 is 0 Å². The Morgan fingerprint density at radius 3 is 2.79 bits per heavy atom. The van der Waals surface area contributed by atoms with E-state index in [-0.39, 0.29) is 5.57 Å². The Morgan fingerprint density at radius 2 is 2.05 bits per heavy atom. The van der Waals surface area contributed by atoms with Gasteiger partial charge >= 0.3 is 5.97 Å². The van der Waals surface area contributed by atoms with Gasteiger partial charge in [0, 0.05) is 12.1 Å². The maximum atomic E-state index is 10.6. The Balaban J connectivity index is 1.80. The number of carboxylic acid groups (broad SMARTS) is 1. The van der Waals surface area contributed by atoms with E-state index in [1.165, 1.54) is 0 Å². The molecule has 2 rings (SSSR count). The first-order chi connectivity index (χ1) is 9.16. The molecule has 0 radical (unpaired) electrons. The van der Waals surface area contributed by atoms with E-state index in [2.05, 4.69) is 11.9 Å². The molecule has 0 saturated carbocycles. The molecule has 1 aromatic rings. The quantitative estimate of drug-likeness (QED) is 0.597. The van der Waals surface area contributed by atoms with Gasteiger partial charge in [0.25, 0.3) is 0 Å². The largest absolute Gasteiger partial charge is 0.486 e. The van der Waals surface area contributed by atoms with Crippen molar-refractivity contribution in [1.82, 2.24) is 5.32 Å². The highest BCUT2D eigenvalue weighted by atomic mass is 16.6. The normalized spacial score (nSPS) is 13.1. The summed E-state index contributed by atoms with van der Waals surface area (Å²) in [6.45, 7) is 5.60. The van der Waals surface area contributed by atoms with Crippen molar-refractivity contribution in [2.24, 2.45) is 0 Å². The summed E-state index contributed by atoms with van der Waals surface area (Å²) in [6, 6.07) is 5.85. The number of carboxylic acids is 1. The molecule has 0 bridgehead atoms. The second kappa shape index (κ2) is 6.24. The summed E-state index contributed by atoms with van der Waals surface area (Å²) in [5, 5.41) is 11.7. The summed E-state index contributed by atoms with van der Waals surface area (Å²) in [7, 11) is 0. The van der Waals surface area contributed by atoms with Crippen molar-refractivity contribution in [1.29, 1.82) is 0 Å². The first-order valence-corrected chi connectivity index (χ1v) is 6.17. The van der Waals surface area contributed by atoms with Crippen molar-refractivity contribution in [3.63, 3.8) is 0 Å². The molecule has 102 valence electrons. The van der Waals surface area contributed by atoms with Gasteiger partial charge in [0.2, 0.25) is 0 Å². The molecule has 0 spiro atoms. The fourth-order valence-electron chi connectivity index (χ4n) is 1.79. The molecule has 0 unspecified atom stereocenters. The second-order valence-corrected chi connectivity index (χ2v) is 4.31. The van der Waals surface area contributed by atoms with Crippen LogP contribution in [0.4, 0.5) is 0 Å². The Bertz CT molecular complexity index is 484. The van der Waals surface area contributed by atoms with E-state index in [9.17, 15) is 4.79 Å². The lowest BCUT2D eigenvalue weighted by Crippen LogP contribution is -2.22. The van der Waals surface area contributed by atoms with Crippen LogP contribution < -0.4 is 14.8 Å². The molecule has 0 saturated heterocycles. The third-order valence-electron chi connectivity index (χ3n) is 2.84. The van der Waals surface area contributed by atoms with Crippen molar-refractivity contribution >= 4 is 5.97 Å². The summed E-state index contributed by atoms with van der Waals surface area (Å²) in [5.41, 5.74) is 1.29. The smallest absolute Gasteiger partial charge is 0.332 e. The van der Waals surface area contributed by atoms with E-state index in [1.807, 2.05) is 18.2 Å². The molecule has 0 aliphatic carbocycles. The molecular weight excluding hydrogens is 246 g/mol. The number of aliphatic carboxylic acids is 1. The number of rotatable bonds is 6. The van der Waals surface area contributed by atoms with E-state index in [0.717, 1.165) is 23.5 Å². The maximum absolute atomic E-state index is 10.6. The number of carbonyl (C=O) groups is 1. The van der Waals surface area contributed by atoms with Crippen molar-refractivity contribution in [3.8, 4) is 11.5 Å². The zero-order valence-electron chi connectivity index (χ0n) is 10.6. The van der Waals surface area contributed by atoms with Crippen LogP contribution in [0.5, 0.6) is 11.5 Å². The molecule has 2 N–H and O–H groups in total. The topological polar surface area (TPSA) is 67.8 Å². The summed E-state index contributed by atoms with van der Waals surface area (Å²) >= 11 is 0. The molecule has 0 aromatic heterocycles. The predicted octanol–water partition coefficient (Wildman–Crippen LogP) is 1.23. The molecule has 5 heteroatoms. The van der Waals surface area contributed by atoms with E-state index in [1.54, 1.807) is 0 Å². The lowest BCUT2D eigenvalue weighted by Gasteiger charge is -2.18. The monoisotopic (exact) mass is 263 g/mol. The van der Waals surface area contributed by atoms with Gasteiger partial charge in [-0.1, -0.05) is 12.6 Å². The number of hydrogen-bond acceptors (Lipinski definition) is 4. The zero-order chi connectivity index (χ0) is 13.7. The van der Waals surface area contributed by atoms with Gasteiger partial charge in [0.15, 0.2) is 11.5 Å². The minimum Gasteiger partial charge on any atom is -0.486 e. The van der Waals surface area contributed by atoms with Crippen LogP contribution in [-0.4, -0.2) is 37.4 Å². The Hall–Kier alpha value is -2.01. The fourth-order valence-corrected chi connectivity index (χ4v) is 1.79. The van der Waals surface area contributed by atoms with Gasteiger partial charge in [0.1, 0.15) is 13.2 Å². The van der Waals surface area contributed by atoms with Gasteiger partial charge in [-0.15, -0.1) is 0 Å². The standard InChI is InChI=1S/C14H17NO4/c1-10(14(16)17)9-15-5-4-11-2-3-12-13(8-11)19-7-6-18-12/h2-3,8,15H,1,4-7,9H2,(H,16,17). The minimum absolute atomic E-state index is 0.169. The first kappa shape index (κ1) is 13.4. The zero-order valence-corrected chi connectivity index (χ0v) is 10.6. The van der Waals surface area contributed by atoms with Crippen LogP contribution in [-0.2, 0) is 11.2 Å². The number of benzene rings is 1. The Labute approximate surface area is 111 Å². The molecule has 1 aliphatic rings. The van der Waals surface area contributed by atoms with Crippen molar-refractivity contribution in [2.75, 3.05) is 26.3 Å². The third kappa shape index (κ3) is 3.72. The third-order valence-corrected chi connectivity index (χ3v) is 2.84. The molecule has 1 heterocycles. The average molecular weight is 263 g/mol. The molecule has 0 fully saturated rings. The number of nitrogens with one attached hydrogen (secondary N) is 1. The van der Waals surface area contributed by atoms with E-state index >= 15 is 0 Å². The first-order valence-electron chi connectivity index (χ1n) is 6.17. The van der Waals surface area contributed by atoms with Crippen LogP contribution in [0.1, 0.15) is 5.56 Å². The maximum Gasteiger partial charge on any atom is 0.332 e. The van der Waals surface area contributed by atoms with Crippen LogP contribution in [0.2, 0.25) is 0 Å². The molecule has 0 amide bonds. The fraction of sp³-hybridized carbons (Fsp3) is 0.357. The molecule has 0 atom stereocenters. The van der Waals surface area contributed by atoms with Gasteiger partial charge in [0.05, 0.1) is 0 Å². The lowest BCUT2D eigenvalue weighted by molar-refractivity contribution is -0.132. The van der Waals surface area contributed by atoms with Gasteiger partial charge in [-0.05, 0) is 30.7 Å². The predicted molar refractivity (Wildman–Crippen MR) is 70.8 cm³/mol. The highest BCUT2D eigenvalue weighted by Crippen LogP contribution is 2.30. The summed E-state index contributed by atoms with van der Waals surface area (Å²) < 4.78 is 10.9. The van der Waals surface area contributed by atoms with Crippen molar-refractivity contribution in [3.05, 3.63) is 35.9 Å². The summed E-state index contributed by atoms with van der Waals surface area (Å²) in [4.78, 5) is 10.6. The van der Waals surface area contributed by atoms with E-state index in [0.29, 0.717) is 26.3 Å². The summed E-state index contributed by atoms with van der Waals surface area (Å²) in [6.07, 6.45) is 0.795. The lowest BCUT2D eigenvalue weighted by atomic mass is 10.1. The van der Waals surface area contributed by atoms with Gasteiger partial charge < -0.3 is 19.9 Å². The highest BCUT2D eigenvalue weighted by Gasteiger charge is 2.11. The van der Waals surface area contributed by atoms with E-state index < -0.39 is 5.97 Å². The van der Waals surface area contributed by atoms with Gasteiger partial charge in [-0.2, -0.15) is 0 Å². The van der Waals surface area contributed by atoms with Crippen LogP contribution in [0, 0.1) is 0 Å². The molecule has 1 aliphatic heterocycles. The Morgan fingerprint density at radius 1 is 1.32 bits per heavy atom. The van der Waals surface area contributed by atoms with Gasteiger partial charge in [-0.3, -0.25) is 0 Å². The SMILES string of the molecule is C=C(CNCCc1ccc2c(c1)OCCO2)C(=O)O. The summed E-state index contributed by atoms with van der Waals surface area (Å²) in [5.74, 6) is 0.590. The van der Waals surface area contributed by atoms with Crippen LogP contribution in [0.25, 0.3) is 0 Å². The number of hydrogen-bond donors (Lipinski definition) is 2. The van der Waals surface area contributed by atoms with Gasteiger partial charge in [-0.25, -0.2) is 4.79 Å². The highest BCUT2D eigenvalue weighted by molar-refractivity contribution is 5.86. The Kier molecular flexibility index (Phi) is 4.41. The molecule has 19 heavy (non-hydrogen) atoms. The number of ether oxygens (including phenoxy) is 2.